The van der Waals surface area contributed by atoms with E-state index in [0.29, 0.717) is 0 Å². The third kappa shape index (κ3) is 1.12. The highest BCUT2D eigenvalue weighted by molar-refractivity contribution is 5.95. The molecular formula is C7H11NO2. The maximum atomic E-state index is 10.9. The van der Waals surface area contributed by atoms with E-state index in [0.717, 1.165) is 0 Å². The zero-order valence-corrected chi connectivity index (χ0v) is 6.13. The average Bonchev–Trinajstić information content (AvgIpc) is 2.10. The zero-order valence-electron chi connectivity index (χ0n) is 6.13. The molecule has 0 aromatic rings. The number of carbonyl (C=O) groups is 1. The Morgan fingerprint density at radius 1 is 1.70 bits per heavy atom. The SMILES string of the molecule is CC(C)[C@H]1OC(N)=CC1=O. The van der Waals surface area contributed by atoms with Crippen LogP contribution in [0.1, 0.15) is 13.8 Å². The van der Waals surface area contributed by atoms with Crippen molar-refractivity contribution in [1.82, 2.24) is 0 Å². The molecule has 0 aromatic carbocycles. The molecule has 1 heterocycles. The minimum absolute atomic E-state index is 0.0208. The summed E-state index contributed by atoms with van der Waals surface area (Å²) in [4.78, 5) is 10.9. The van der Waals surface area contributed by atoms with Gasteiger partial charge in [0.15, 0.2) is 12.0 Å². The smallest absolute Gasteiger partial charge is 0.201 e. The first-order valence-corrected chi connectivity index (χ1v) is 3.29. The van der Waals surface area contributed by atoms with Gasteiger partial charge in [0, 0.05) is 6.08 Å². The normalized spacial score (nSPS) is 24.9. The van der Waals surface area contributed by atoms with Gasteiger partial charge < -0.3 is 10.5 Å². The molecule has 0 bridgehead atoms. The predicted octanol–water partition coefficient (Wildman–Crippen LogP) is 0.410. The summed E-state index contributed by atoms with van der Waals surface area (Å²) in [5.41, 5.74) is 5.27. The van der Waals surface area contributed by atoms with Gasteiger partial charge >= 0.3 is 0 Å². The Morgan fingerprint density at radius 3 is 2.50 bits per heavy atom. The molecule has 0 radical (unpaired) electrons. The fraction of sp³-hybridized carbons (Fsp3) is 0.571. The Bertz CT molecular complexity index is 184. The van der Waals surface area contributed by atoms with E-state index in [9.17, 15) is 4.79 Å². The quantitative estimate of drug-likeness (QED) is 0.575. The zero-order chi connectivity index (χ0) is 7.72. The van der Waals surface area contributed by atoms with Gasteiger partial charge in [-0.3, -0.25) is 4.79 Å². The van der Waals surface area contributed by atoms with Gasteiger partial charge in [-0.05, 0) is 5.92 Å². The number of hydrogen-bond donors (Lipinski definition) is 1. The Kier molecular flexibility index (Phi) is 1.66. The van der Waals surface area contributed by atoms with Gasteiger partial charge in [-0.2, -0.15) is 0 Å². The molecule has 0 unspecified atom stereocenters. The lowest BCUT2D eigenvalue weighted by atomic mass is 10.0. The van der Waals surface area contributed by atoms with Crippen molar-refractivity contribution in [2.75, 3.05) is 0 Å². The summed E-state index contributed by atoms with van der Waals surface area (Å²) < 4.78 is 5.02. The minimum atomic E-state index is -0.347. The number of ether oxygens (including phenoxy) is 1. The third-order valence-corrected chi connectivity index (χ3v) is 1.43. The van der Waals surface area contributed by atoms with Crippen LogP contribution < -0.4 is 5.73 Å². The number of ketones is 1. The molecule has 1 atom stereocenters. The van der Waals surface area contributed by atoms with Crippen LogP contribution in [-0.4, -0.2) is 11.9 Å². The molecule has 3 heteroatoms. The van der Waals surface area contributed by atoms with E-state index in [2.05, 4.69) is 0 Å². The second-order valence-corrected chi connectivity index (χ2v) is 2.73. The monoisotopic (exact) mass is 141 g/mol. The highest BCUT2D eigenvalue weighted by Crippen LogP contribution is 2.16. The Morgan fingerprint density at radius 2 is 2.30 bits per heavy atom. The summed E-state index contributed by atoms with van der Waals surface area (Å²) in [7, 11) is 0. The van der Waals surface area contributed by atoms with Crippen molar-refractivity contribution in [1.29, 1.82) is 0 Å². The number of carbonyl (C=O) groups excluding carboxylic acids is 1. The van der Waals surface area contributed by atoms with Crippen molar-refractivity contribution in [3.63, 3.8) is 0 Å². The van der Waals surface area contributed by atoms with Crippen molar-refractivity contribution in [3.8, 4) is 0 Å². The second-order valence-electron chi connectivity index (χ2n) is 2.73. The van der Waals surface area contributed by atoms with Gasteiger partial charge in [-0.15, -0.1) is 0 Å². The summed E-state index contributed by atoms with van der Waals surface area (Å²) in [5, 5.41) is 0. The largest absolute Gasteiger partial charge is 0.467 e. The molecule has 0 fully saturated rings. The van der Waals surface area contributed by atoms with E-state index in [1.54, 1.807) is 0 Å². The molecular weight excluding hydrogens is 130 g/mol. The summed E-state index contributed by atoms with van der Waals surface area (Å²) in [6.45, 7) is 3.85. The lowest BCUT2D eigenvalue weighted by molar-refractivity contribution is -0.122. The van der Waals surface area contributed by atoms with Crippen LogP contribution in [-0.2, 0) is 9.53 Å². The molecule has 1 rings (SSSR count). The number of rotatable bonds is 1. The molecule has 3 nitrogen and oxygen atoms in total. The van der Waals surface area contributed by atoms with Gasteiger partial charge in [0.05, 0.1) is 0 Å². The first kappa shape index (κ1) is 7.12. The van der Waals surface area contributed by atoms with E-state index in [-0.39, 0.29) is 23.7 Å². The van der Waals surface area contributed by atoms with Crippen LogP contribution in [0.4, 0.5) is 0 Å². The van der Waals surface area contributed by atoms with Gasteiger partial charge in [0.25, 0.3) is 0 Å². The van der Waals surface area contributed by atoms with E-state index >= 15 is 0 Å². The van der Waals surface area contributed by atoms with E-state index in [1.807, 2.05) is 13.8 Å². The fourth-order valence-corrected chi connectivity index (χ4v) is 0.926. The summed E-state index contributed by atoms with van der Waals surface area (Å²) >= 11 is 0. The lowest BCUT2D eigenvalue weighted by Gasteiger charge is -2.12. The van der Waals surface area contributed by atoms with Gasteiger partial charge in [-0.1, -0.05) is 13.8 Å². The van der Waals surface area contributed by atoms with E-state index in [4.69, 9.17) is 10.5 Å². The lowest BCUT2D eigenvalue weighted by Crippen LogP contribution is -2.23. The predicted molar refractivity (Wildman–Crippen MR) is 37.0 cm³/mol. The van der Waals surface area contributed by atoms with Crippen LogP contribution in [0.25, 0.3) is 0 Å². The van der Waals surface area contributed by atoms with E-state index in [1.165, 1.54) is 6.08 Å². The topological polar surface area (TPSA) is 52.3 Å². The minimum Gasteiger partial charge on any atom is -0.467 e. The molecule has 0 amide bonds. The third-order valence-electron chi connectivity index (χ3n) is 1.43. The highest BCUT2D eigenvalue weighted by Gasteiger charge is 2.28. The van der Waals surface area contributed by atoms with Crippen LogP contribution in [0.2, 0.25) is 0 Å². The first-order chi connectivity index (χ1) is 4.61. The molecule has 0 spiro atoms. The average molecular weight is 141 g/mol. The molecule has 0 aliphatic carbocycles. The maximum Gasteiger partial charge on any atom is 0.201 e. The maximum absolute atomic E-state index is 10.9. The van der Waals surface area contributed by atoms with Crippen molar-refractivity contribution in [2.45, 2.75) is 20.0 Å². The molecule has 1 aliphatic heterocycles. The Balaban J connectivity index is 2.64. The Labute approximate surface area is 59.8 Å². The van der Waals surface area contributed by atoms with Crippen LogP contribution in [0.5, 0.6) is 0 Å². The number of hydrogen-bond acceptors (Lipinski definition) is 3. The van der Waals surface area contributed by atoms with Crippen LogP contribution in [0, 0.1) is 5.92 Å². The van der Waals surface area contributed by atoms with Crippen LogP contribution in [0.15, 0.2) is 12.0 Å². The second kappa shape index (κ2) is 2.33. The number of nitrogens with two attached hydrogens (primary N) is 1. The van der Waals surface area contributed by atoms with Crippen LogP contribution in [0.3, 0.4) is 0 Å². The van der Waals surface area contributed by atoms with E-state index < -0.39 is 0 Å². The molecule has 1 aliphatic rings. The molecule has 10 heavy (non-hydrogen) atoms. The first-order valence-electron chi connectivity index (χ1n) is 3.29. The van der Waals surface area contributed by atoms with Crippen LogP contribution >= 0.6 is 0 Å². The molecule has 0 saturated heterocycles. The fourth-order valence-electron chi connectivity index (χ4n) is 0.926. The van der Waals surface area contributed by atoms with Gasteiger partial charge in [0.2, 0.25) is 5.78 Å². The molecule has 56 valence electrons. The summed E-state index contributed by atoms with van der Waals surface area (Å²) in [6.07, 6.45) is 0.991. The van der Waals surface area contributed by atoms with Crippen molar-refractivity contribution in [3.05, 3.63) is 12.0 Å². The standard InChI is InChI=1S/C7H11NO2/c1-4(2)7-5(9)3-6(8)10-7/h3-4,7H,8H2,1-2H3/t7-/m1/s1. The molecule has 0 aromatic heterocycles. The summed E-state index contributed by atoms with van der Waals surface area (Å²) in [6, 6.07) is 0. The van der Waals surface area contributed by atoms with Crippen molar-refractivity contribution >= 4 is 5.78 Å². The highest BCUT2D eigenvalue weighted by atomic mass is 16.5. The molecule has 2 N–H and O–H groups in total. The Hall–Kier alpha value is -0.990. The van der Waals surface area contributed by atoms with Gasteiger partial charge in [0.1, 0.15) is 0 Å². The van der Waals surface area contributed by atoms with Gasteiger partial charge in [-0.25, -0.2) is 0 Å². The van der Waals surface area contributed by atoms with Crippen molar-refractivity contribution in [2.24, 2.45) is 11.7 Å². The summed E-state index contributed by atoms with van der Waals surface area (Å²) in [5.74, 6) is 0.418. The van der Waals surface area contributed by atoms with Crippen molar-refractivity contribution < 1.29 is 9.53 Å². The molecule has 0 saturated carbocycles.